The molecule has 0 saturated carbocycles. The Hall–Kier alpha value is -3.98. The maximum Gasteiger partial charge on any atom is 0.247 e. The summed E-state index contributed by atoms with van der Waals surface area (Å²) in [6.45, 7) is 4.22. The van der Waals surface area contributed by atoms with E-state index in [4.69, 9.17) is 13.6 Å². The van der Waals surface area contributed by atoms with E-state index in [0.717, 1.165) is 12.3 Å². The van der Waals surface area contributed by atoms with Gasteiger partial charge in [-0.25, -0.2) is 9.37 Å². The predicted octanol–water partition coefficient (Wildman–Crippen LogP) is 4.25. The van der Waals surface area contributed by atoms with E-state index in [-0.39, 0.29) is 35.2 Å². The van der Waals surface area contributed by atoms with Gasteiger partial charge in [-0.2, -0.15) is 4.98 Å². The Morgan fingerprint density at radius 2 is 1.97 bits per heavy atom. The normalized spacial score (nSPS) is 11.6. The van der Waals surface area contributed by atoms with Crippen molar-refractivity contribution in [2.75, 3.05) is 36.3 Å². The molecule has 0 radical (unpaired) electrons. The molecule has 0 aliphatic carbocycles. The second kappa shape index (κ2) is 10.7. The van der Waals surface area contributed by atoms with E-state index in [1.54, 1.807) is 31.4 Å². The lowest BCUT2D eigenvalue weighted by molar-refractivity contribution is -0.111. The van der Waals surface area contributed by atoms with Crippen molar-refractivity contribution in [1.82, 2.24) is 9.97 Å². The maximum absolute atomic E-state index is 14.4. The molecule has 31 heavy (non-hydrogen) atoms. The summed E-state index contributed by atoms with van der Waals surface area (Å²) < 4.78 is 48.8. The number of methoxy groups -OCH3 is 1. The Balaban J connectivity index is 1.80. The van der Waals surface area contributed by atoms with Gasteiger partial charge < -0.3 is 25.4 Å². The van der Waals surface area contributed by atoms with Crippen LogP contribution in [0.4, 0.5) is 33.2 Å². The lowest BCUT2D eigenvalue weighted by Crippen LogP contribution is -2.07. The van der Waals surface area contributed by atoms with Gasteiger partial charge in [0.05, 0.1) is 16.9 Å². The van der Waals surface area contributed by atoms with Crippen LogP contribution in [0.1, 0.15) is 4.11 Å². The Morgan fingerprint density at radius 3 is 2.71 bits per heavy atom. The quantitative estimate of drug-likeness (QED) is 0.329. The SMILES string of the molecule is [2H]c1c(NC(=O)C=C)cc(Nc2nc(Nc3ccc(OCCOC)cc3)ncc2F)c([2H])c1[2H]. The summed E-state index contributed by atoms with van der Waals surface area (Å²) in [4.78, 5) is 19.6. The van der Waals surface area contributed by atoms with Crippen LogP contribution in [0.15, 0.2) is 67.3 Å². The fraction of sp³-hybridized carbons (Fsp3) is 0.136. The van der Waals surface area contributed by atoms with Crippen LogP contribution in [0.3, 0.4) is 0 Å². The lowest BCUT2D eigenvalue weighted by atomic mass is 10.2. The molecule has 0 saturated heterocycles. The molecule has 0 atom stereocenters. The molecule has 0 unspecified atom stereocenters. The van der Waals surface area contributed by atoms with Gasteiger partial charge in [-0.3, -0.25) is 4.79 Å². The molecule has 160 valence electrons. The highest BCUT2D eigenvalue weighted by atomic mass is 19.1. The van der Waals surface area contributed by atoms with E-state index in [9.17, 15) is 9.18 Å². The van der Waals surface area contributed by atoms with Crippen LogP contribution < -0.4 is 20.7 Å². The van der Waals surface area contributed by atoms with Gasteiger partial charge in [0, 0.05) is 24.2 Å². The standard InChI is InChI=1S/C22H22FN5O3/c1-3-20(29)25-16-5-4-6-17(13-16)26-21-19(23)14-24-22(28-21)27-15-7-9-18(10-8-15)31-12-11-30-2/h3-10,13-14H,1,11-12H2,2H3,(H,25,29)(H2,24,26,27,28)/i4D,5D,6D. The summed E-state index contributed by atoms with van der Waals surface area (Å²) in [5.74, 6) is -0.928. The summed E-state index contributed by atoms with van der Waals surface area (Å²) in [5.41, 5.74) is 0.565. The largest absolute Gasteiger partial charge is 0.491 e. The van der Waals surface area contributed by atoms with Crippen LogP contribution >= 0.6 is 0 Å². The predicted molar refractivity (Wildman–Crippen MR) is 118 cm³/mol. The molecular weight excluding hydrogens is 401 g/mol. The van der Waals surface area contributed by atoms with E-state index in [1.165, 1.54) is 6.07 Å². The van der Waals surface area contributed by atoms with Crippen molar-refractivity contribution in [3.05, 3.63) is 73.1 Å². The molecule has 1 amide bonds. The number of amides is 1. The molecule has 1 aromatic heterocycles. The highest BCUT2D eigenvalue weighted by Crippen LogP contribution is 2.23. The average Bonchev–Trinajstić information content (AvgIpc) is 2.83. The number of nitrogens with zero attached hydrogens (tertiary/aromatic N) is 2. The van der Waals surface area contributed by atoms with Crippen LogP contribution in [0.2, 0.25) is 0 Å². The minimum absolute atomic E-state index is 0.0264. The molecule has 3 rings (SSSR count). The average molecular weight is 426 g/mol. The van der Waals surface area contributed by atoms with Crippen molar-refractivity contribution in [3.63, 3.8) is 0 Å². The Morgan fingerprint density at radius 1 is 1.19 bits per heavy atom. The summed E-state index contributed by atoms with van der Waals surface area (Å²) in [6.07, 6.45) is 1.95. The van der Waals surface area contributed by atoms with Crippen molar-refractivity contribution in [2.45, 2.75) is 0 Å². The minimum atomic E-state index is -0.801. The highest BCUT2D eigenvalue weighted by molar-refractivity contribution is 5.99. The molecule has 8 nitrogen and oxygen atoms in total. The second-order valence-electron chi connectivity index (χ2n) is 6.05. The van der Waals surface area contributed by atoms with Crippen molar-refractivity contribution < 1.29 is 22.8 Å². The molecule has 3 aromatic rings. The smallest absolute Gasteiger partial charge is 0.247 e. The van der Waals surface area contributed by atoms with Crippen molar-refractivity contribution in [3.8, 4) is 5.75 Å². The summed E-state index contributed by atoms with van der Waals surface area (Å²) in [5, 5.41) is 7.97. The van der Waals surface area contributed by atoms with Gasteiger partial charge in [-0.05, 0) is 48.5 Å². The molecular formula is C22H22FN5O3. The zero-order valence-corrected chi connectivity index (χ0v) is 16.7. The molecule has 0 fully saturated rings. The molecule has 2 aromatic carbocycles. The fourth-order valence-electron chi connectivity index (χ4n) is 2.35. The Bertz CT molecular complexity index is 1200. The number of hydrogen-bond acceptors (Lipinski definition) is 7. The number of anilines is 5. The first-order valence-corrected chi connectivity index (χ1v) is 9.15. The second-order valence-corrected chi connectivity index (χ2v) is 6.05. The van der Waals surface area contributed by atoms with Crippen LogP contribution in [0.25, 0.3) is 0 Å². The van der Waals surface area contributed by atoms with Crippen molar-refractivity contribution in [1.29, 1.82) is 0 Å². The van der Waals surface area contributed by atoms with E-state index in [2.05, 4.69) is 32.5 Å². The van der Waals surface area contributed by atoms with Gasteiger partial charge in [0.15, 0.2) is 11.6 Å². The third-order valence-electron chi connectivity index (χ3n) is 3.79. The highest BCUT2D eigenvalue weighted by Gasteiger charge is 2.09. The first-order chi connectivity index (χ1) is 16.3. The van der Waals surface area contributed by atoms with Gasteiger partial charge in [0.1, 0.15) is 12.4 Å². The third-order valence-corrected chi connectivity index (χ3v) is 3.79. The van der Waals surface area contributed by atoms with Gasteiger partial charge in [-0.15, -0.1) is 0 Å². The topological polar surface area (TPSA) is 97.4 Å². The summed E-state index contributed by atoms with van der Waals surface area (Å²) >= 11 is 0. The summed E-state index contributed by atoms with van der Waals surface area (Å²) in [6, 6.07) is 7.03. The number of aromatic nitrogens is 2. The Kier molecular flexibility index (Phi) is 6.16. The van der Waals surface area contributed by atoms with Crippen molar-refractivity contribution in [2.24, 2.45) is 0 Å². The van der Waals surface area contributed by atoms with Crippen LogP contribution in [0, 0.1) is 5.82 Å². The number of carbonyl (C=O) groups excluding carboxylic acids is 1. The number of benzene rings is 2. The zero-order valence-electron chi connectivity index (χ0n) is 19.7. The van der Waals surface area contributed by atoms with Crippen LogP contribution in [0.5, 0.6) is 5.75 Å². The number of nitrogens with one attached hydrogen (secondary N) is 3. The molecule has 0 spiro atoms. The van der Waals surface area contributed by atoms with E-state index >= 15 is 0 Å². The first-order valence-electron chi connectivity index (χ1n) is 10.6. The fourth-order valence-corrected chi connectivity index (χ4v) is 2.35. The number of hydrogen-bond donors (Lipinski definition) is 3. The van der Waals surface area contributed by atoms with Crippen LogP contribution in [-0.4, -0.2) is 36.2 Å². The van der Waals surface area contributed by atoms with Gasteiger partial charge in [0.25, 0.3) is 0 Å². The summed E-state index contributed by atoms with van der Waals surface area (Å²) in [7, 11) is 1.59. The molecule has 0 bridgehead atoms. The lowest BCUT2D eigenvalue weighted by Gasteiger charge is -2.11. The monoisotopic (exact) mass is 426 g/mol. The van der Waals surface area contributed by atoms with E-state index < -0.39 is 17.8 Å². The number of rotatable bonds is 10. The van der Waals surface area contributed by atoms with Gasteiger partial charge in [-0.1, -0.05) is 12.6 Å². The number of carbonyl (C=O) groups is 1. The van der Waals surface area contributed by atoms with Crippen molar-refractivity contribution >= 4 is 34.7 Å². The maximum atomic E-state index is 14.4. The molecule has 0 aliphatic rings. The van der Waals surface area contributed by atoms with Gasteiger partial charge >= 0.3 is 0 Å². The Labute approximate surface area is 183 Å². The number of ether oxygens (including phenoxy) is 2. The number of halogens is 1. The molecule has 3 N–H and O–H groups in total. The molecule has 0 aliphatic heterocycles. The van der Waals surface area contributed by atoms with Crippen LogP contribution in [-0.2, 0) is 9.53 Å². The molecule has 1 heterocycles. The first kappa shape index (κ1) is 17.8. The van der Waals surface area contributed by atoms with E-state index in [0.29, 0.717) is 24.7 Å². The zero-order chi connectivity index (χ0) is 24.7. The molecule has 9 heteroatoms. The van der Waals surface area contributed by atoms with E-state index in [1.807, 2.05) is 0 Å². The third kappa shape index (κ3) is 6.51. The van der Waals surface area contributed by atoms with Gasteiger partial charge in [0.2, 0.25) is 11.9 Å². The minimum Gasteiger partial charge on any atom is -0.491 e.